The van der Waals surface area contributed by atoms with E-state index in [2.05, 4.69) is 52.9 Å². The summed E-state index contributed by atoms with van der Waals surface area (Å²) in [5, 5.41) is 5.04. The molecule has 28 heavy (non-hydrogen) atoms. The average Bonchev–Trinajstić information content (AvgIpc) is 3.36. The standard InChI is InChI=1S/C23H28N2O2.ClH/c1-26-21-10-9-18(13-22(21)27-2)23(11-5-6-12-23)16-24-14-17-15-25-20-8-4-3-7-19(17)20;/h3-4,7-10,13,15,24-25H,5-6,11-12,14,16H2,1-2H3;1H. The summed E-state index contributed by atoms with van der Waals surface area (Å²) < 4.78 is 11.0. The van der Waals surface area contributed by atoms with Crippen LogP contribution < -0.4 is 14.8 Å². The number of ether oxygens (including phenoxy) is 2. The molecule has 2 aromatic carbocycles. The lowest BCUT2D eigenvalue weighted by Crippen LogP contribution is -2.35. The van der Waals surface area contributed by atoms with Crippen molar-refractivity contribution in [3.05, 3.63) is 59.8 Å². The molecule has 0 radical (unpaired) electrons. The van der Waals surface area contributed by atoms with E-state index in [9.17, 15) is 0 Å². The summed E-state index contributed by atoms with van der Waals surface area (Å²) in [5.41, 5.74) is 4.05. The van der Waals surface area contributed by atoms with Gasteiger partial charge in [-0.25, -0.2) is 0 Å². The first-order valence-corrected chi connectivity index (χ1v) is 9.74. The van der Waals surface area contributed by atoms with E-state index in [1.165, 1.54) is 47.7 Å². The monoisotopic (exact) mass is 400 g/mol. The maximum absolute atomic E-state index is 5.54. The highest BCUT2D eigenvalue weighted by Crippen LogP contribution is 2.43. The van der Waals surface area contributed by atoms with Crippen LogP contribution in [0, 0.1) is 0 Å². The van der Waals surface area contributed by atoms with Gasteiger partial charge in [-0.05, 0) is 42.2 Å². The largest absolute Gasteiger partial charge is 0.493 e. The lowest BCUT2D eigenvalue weighted by Gasteiger charge is -2.31. The molecule has 0 unspecified atom stereocenters. The summed E-state index contributed by atoms with van der Waals surface area (Å²) in [7, 11) is 3.39. The maximum Gasteiger partial charge on any atom is 0.161 e. The molecule has 0 aliphatic heterocycles. The topological polar surface area (TPSA) is 46.3 Å². The fraction of sp³-hybridized carbons (Fsp3) is 0.391. The van der Waals surface area contributed by atoms with Gasteiger partial charge in [-0.3, -0.25) is 0 Å². The molecular weight excluding hydrogens is 372 g/mol. The van der Waals surface area contributed by atoms with Crippen LogP contribution in [-0.2, 0) is 12.0 Å². The van der Waals surface area contributed by atoms with E-state index < -0.39 is 0 Å². The Bertz CT molecular complexity index is 916. The molecule has 0 atom stereocenters. The number of nitrogens with one attached hydrogen (secondary N) is 2. The Morgan fingerprint density at radius 1 is 1.00 bits per heavy atom. The zero-order valence-electron chi connectivity index (χ0n) is 16.6. The summed E-state index contributed by atoms with van der Waals surface area (Å²) >= 11 is 0. The van der Waals surface area contributed by atoms with Crippen molar-refractivity contribution >= 4 is 23.3 Å². The van der Waals surface area contributed by atoms with Gasteiger partial charge in [0.1, 0.15) is 0 Å². The van der Waals surface area contributed by atoms with Gasteiger partial charge in [0.15, 0.2) is 11.5 Å². The predicted octanol–water partition coefficient (Wildman–Crippen LogP) is 5.21. The Hall–Kier alpha value is -2.17. The molecule has 1 aliphatic carbocycles. The Balaban J connectivity index is 0.00000225. The van der Waals surface area contributed by atoms with Crippen LogP contribution in [0.15, 0.2) is 48.7 Å². The van der Waals surface area contributed by atoms with Gasteiger partial charge in [0.05, 0.1) is 14.2 Å². The molecule has 2 N–H and O–H groups in total. The van der Waals surface area contributed by atoms with E-state index in [4.69, 9.17) is 9.47 Å². The van der Waals surface area contributed by atoms with Gasteiger partial charge >= 0.3 is 0 Å². The minimum atomic E-state index is 0. The molecule has 150 valence electrons. The van der Waals surface area contributed by atoms with Crippen molar-refractivity contribution in [1.82, 2.24) is 10.3 Å². The zero-order valence-corrected chi connectivity index (χ0v) is 17.4. The van der Waals surface area contributed by atoms with Crippen molar-refractivity contribution in [2.45, 2.75) is 37.6 Å². The third kappa shape index (κ3) is 3.85. The molecular formula is C23H29ClN2O2. The van der Waals surface area contributed by atoms with Gasteiger partial charge in [0.2, 0.25) is 0 Å². The summed E-state index contributed by atoms with van der Waals surface area (Å²) in [6, 6.07) is 14.9. The fourth-order valence-corrected chi connectivity index (χ4v) is 4.50. The molecule has 1 fully saturated rings. The number of hydrogen-bond donors (Lipinski definition) is 2. The molecule has 0 saturated heterocycles. The second kappa shape index (κ2) is 8.89. The van der Waals surface area contributed by atoms with E-state index >= 15 is 0 Å². The van der Waals surface area contributed by atoms with Gasteiger partial charge in [0.25, 0.3) is 0 Å². The third-order valence-electron chi connectivity index (χ3n) is 6.01. The van der Waals surface area contributed by atoms with Crippen LogP contribution in [0.2, 0.25) is 0 Å². The van der Waals surface area contributed by atoms with Gasteiger partial charge < -0.3 is 19.8 Å². The van der Waals surface area contributed by atoms with Crippen molar-refractivity contribution in [3.8, 4) is 11.5 Å². The highest BCUT2D eigenvalue weighted by molar-refractivity contribution is 5.85. The van der Waals surface area contributed by atoms with E-state index in [1.807, 2.05) is 6.07 Å². The Morgan fingerprint density at radius 2 is 1.75 bits per heavy atom. The lowest BCUT2D eigenvalue weighted by atomic mass is 9.78. The highest BCUT2D eigenvalue weighted by Gasteiger charge is 2.35. The summed E-state index contributed by atoms with van der Waals surface area (Å²) in [5.74, 6) is 1.61. The number of rotatable bonds is 7. The number of aromatic nitrogens is 1. The summed E-state index contributed by atoms with van der Waals surface area (Å²) in [4.78, 5) is 3.37. The van der Waals surface area contributed by atoms with Crippen LogP contribution in [0.25, 0.3) is 10.9 Å². The molecule has 0 amide bonds. The van der Waals surface area contributed by atoms with Crippen LogP contribution in [0.1, 0.15) is 36.8 Å². The quantitative estimate of drug-likeness (QED) is 0.572. The number of aromatic amines is 1. The Morgan fingerprint density at radius 3 is 2.50 bits per heavy atom. The predicted molar refractivity (Wildman–Crippen MR) is 117 cm³/mol. The summed E-state index contributed by atoms with van der Waals surface area (Å²) in [6.45, 7) is 1.85. The Kier molecular flexibility index (Phi) is 6.53. The average molecular weight is 401 g/mol. The number of fused-ring (bicyclic) bond motifs is 1. The van der Waals surface area contributed by atoms with Crippen LogP contribution in [0.5, 0.6) is 11.5 Å². The maximum atomic E-state index is 5.54. The van der Waals surface area contributed by atoms with E-state index in [1.54, 1.807) is 14.2 Å². The molecule has 0 bridgehead atoms. The number of benzene rings is 2. The smallest absolute Gasteiger partial charge is 0.161 e. The molecule has 3 aromatic rings. The molecule has 1 saturated carbocycles. The van der Waals surface area contributed by atoms with Crippen LogP contribution >= 0.6 is 12.4 Å². The second-order valence-corrected chi connectivity index (χ2v) is 7.52. The number of halogens is 1. The van der Waals surface area contributed by atoms with Crippen molar-refractivity contribution in [2.75, 3.05) is 20.8 Å². The Labute approximate surface area is 173 Å². The number of para-hydroxylation sites is 1. The van der Waals surface area contributed by atoms with E-state index in [0.717, 1.165) is 24.6 Å². The van der Waals surface area contributed by atoms with Crippen LogP contribution in [0.3, 0.4) is 0 Å². The van der Waals surface area contributed by atoms with Gasteiger partial charge in [-0.2, -0.15) is 0 Å². The van der Waals surface area contributed by atoms with Crippen LogP contribution in [-0.4, -0.2) is 25.7 Å². The highest BCUT2D eigenvalue weighted by atomic mass is 35.5. The van der Waals surface area contributed by atoms with Crippen molar-refractivity contribution in [1.29, 1.82) is 0 Å². The van der Waals surface area contributed by atoms with Crippen molar-refractivity contribution in [3.63, 3.8) is 0 Å². The first-order chi connectivity index (χ1) is 13.3. The molecule has 4 nitrogen and oxygen atoms in total. The van der Waals surface area contributed by atoms with Crippen molar-refractivity contribution in [2.24, 2.45) is 0 Å². The van der Waals surface area contributed by atoms with E-state index in [-0.39, 0.29) is 17.8 Å². The second-order valence-electron chi connectivity index (χ2n) is 7.52. The molecule has 1 aliphatic rings. The van der Waals surface area contributed by atoms with Gasteiger partial charge in [-0.1, -0.05) is 37.1 Å². The first-order valence-electron chi connectivity index (χ1n) is 9.74. The number of hydrogen-bond acceptors (Lipinski definition) is 3. The van der Waals surface area contributed by atoms with E-state index in [0.29, 0.717) is 0 Å². The molecule has 1 aromatic heterocycles. The SMILES string of the molecule is COc1ccc(C2(CNCc3c[nH]c4ccccc34)CCCC2)cc1OC.Cl. The number of methoxy groups -OCH3 is 2. The van der Waals surface area contributed by atoms with Crippen LogP contribution in [0.4, 0.5) is 0 Å². The molecule has 0 spiro atoms. The third-order valence-corrected chi connectivity index (χ3v) is 6.01. The van der Waals surface area contributed by atoms with Gasteiger partial charge in [-0.15, -0.1) is 12.4 Å². The molecule has 4 rings (SSSR count). The minimum absolute atomic E-state index is 0. The zero-order chi connectivity index (χ0) is 18.7. The lowest BCUT2D eigenvalue weighted by molar-refractivity contribution is 0.350. The number of H-pyrrole nitrogens is 1. The summed E-state index contributed by atoms with van der Waals surface area (Å²) in [6.07, 6.45) is 7.11. The normalized spacial score (nSPS) is 15.4. The fourth-order valence-electron chi connectivity index (χ4n) is 4.50. The van der Waals surface area contributed by atoms with Gasteiger partial charge in [0, 0.05) is 35.6 Å². The first kappa shape index (κ1) is 20.6. The molecule has 1 heterocycles. The van der Waals surface area contributed by atoms with Crippen molar-refractivity contribution < 1.29 is 9.47 Å². The molecule has 5 heteroatoms. The minimum Gasteiger partial charge on any atom is -0.493 e.